The Hall–Kier alpha value is -4.93. The summed E-state index contributed by atoms with van der Waals surface area (Å²) in [6.07, 6.45) is 1.73. The third-order valence-corrected chi connectivity index (χ3v) is 9.41. The molecule has 3 amide bonds. The van der Waals surface area contributed by atoms with Gasteiger partial charge in [0.2, 0.25) is 5.91 Å². The highest BCUT2D eigenvalue weighted by Crippen LogP contribution is 2.32. The average molecular weight is 683 g/mol. The number of rotatable bonds is 8. The Morgan fingerprint density at radius 1 is 0.898 bits per heavy atom. The Morgan fingerprint density at radius 3 is 2.20 bits per heavy atom. The fourth-order valence-electron chi connectivity index (χ4n) is 5.88. The number of amides is 3. The minimum absolute atomic E-state index is 0.0190. The highest BCUT2D eigenvalue weighted by Gasteiger charge is 2.27. The van der Waals surface area contributed by atoms with Crippen molar-refractivity contribution in [3.63, 3.8) is 0 Å². The molecule has 0 radical (unpaired) electrons. The van der Waals surface area contributed by atoms with Gasteiger partial charge in [0.1, 0.15) is 11.1 Å². The third-order valence-electron chi connectivity index (χ3n) is 8.96. The van der Waals surface area contributed by atoms with Crippen molar-refractivity contribution in [2.75, 3.05) is 43.9 Å². The highest BCUT2D eigenvalue weighted by molar-refractivity contribution is 6.31. The molecule has 10 nitrogen and oxygen atoms in total. The zero-order valence-corrected chi connectivity index (χ0v) is 29.5. The van der Waals surface area contributed by atoms with Gasteiger partial charge in [0, 0.05) is 67.5 Å². The lowest BCUT2D eigenvalue weighted by Crippen LogP contribution is -2.47. The second-order valence-electron chi connectivity index (χ2n) is 13.6. The van der Waals surface area contributed by atoms with Crippen LogP contribution >= 0.6 is 11.6 Å². The molecule has 0 aliphatic carbocycles. The van der Waals surface area contributed by atoms with Crippen LogP contribution in [0, 0.1) is 6.92 Å². The van der Waals surface area contributed by atoms with E-state index in [4.69, 9.17) is 17.3 Å². The zero-order valence-electron chi connectivity index (χ0n) is 28.8. The maximum Gasteiger partial charge on any atom is 0.274 e. The number of anilines is 3. The van der Waals surface area contributed by atoms with Crippen molar-refractivity contribution in [2.24, 2.45) is 12.8 Å². The van der Waals surface area contributed by atoms with Gasteiger partial charge < -0.3 is 30.7 Å². The highest BCUT2D eigenvalue weighted by atomic mass is 35.5. The molecule has 1 aliphatic heterocycles. The van der Waals surface area contributed by atoms with Crippen LogP contribution in [-0.2, 0) is 17.3 Å². The molecule has 4 N–H and O–H groups in total. The topological polar surface area (TPSA) is 130 Å². The summed E-state index contributed by atoms with van der Waals surface area (Å²) in [6, 6.07) is 19.8. The number of carbonyl (C=O) groups excluding carboxylic acids is 3. The number of aromatic nitrogens is 1. The number of aryl methyl sites for hydroxylation is 1. The Labute approximate surface area is 291 Å². The minimum atomic E-state index is -1.25. The molecule has 0 saturated carbocycles. The number of hydrogen-bond acceptors (Lipinski definition) is 6. The Kier molecular flexibility index (Phi) is 10.3. The SMILES string of the molecule is Cc1c(NC(=O)c2ccc(C(C)(C)C)cc2)cccc1-c1cc(Nc2ccc(C(=O)N3CCN(C)CC3)c(C(Cl)C(N)=O)c2)c(=O)n(C)c1. The first-order valence-electron chi connectivity index (χ1n) is 16.2. The smallest absolute Gasteiger partial charge is 0.274 e. The van der Waals surface area contributed by atoms with Crippen LogP contribution in [0.25, 0.3) is 11.1 Å². The Bertz CT molecular complexity index is 1960. The van der Waals surface area contributed by atoms with Gasteiger partial charge in [-0.05, 0) is 84.1 Å². The summed E-state index contributed by atoms with van der Waals surface area (Å²) < 4.78 is 1.47. The maximum atomic E-state index is 13.5. The summed E-state index contributed by atoms with van der Waals surface area (Å²) in [5.41, 5.74) is 11.3. The third kappa shape index (κ3) is 7.87. The van der Waals surface area contributed by atoms with E-state index in [1.54, 1.807) is 42.4 Å². The number of hydrogen-bond donors (Lipinski definition) is 3. The minimum Gasteiger partial charge on any atom is -0.368 e. The molecule has 1 unspecified atom stereocenters. The number of primary amides is 1. The van der Waals surface area contributed by atoms with E-state index in [-0.39, 0.29) is 39.6 Å². The molecule has 0 bridgehead atoms. The average Bonchev–Trinajstić information content (AvgIpc) is 3.07. The van der Waals surface area contributed by atoms with Crippen molar-refractivity contribution in [2.45, 2.75) is 38.5 Å². The second-order valence-corrected chi connectivity index (χ2v) is 14.0. The molecule has 3 aromatic carbocycles. The van der Waals surface area contributed by atoms with Gasteiger partial charge in [-0.25, -0.2) is 0 Å². The van der Waals surface area contributed by atoms with Crippen molar-refractivity contribution < 1.29 is 14.4 Å². The molecule has 1 aromatic heterocycles. The molecule has 49 heavy (non-hydrogen) atoms. The number of pyridine rings is 1. The molecular weight excluding hydrogens is 640 g/mol. The van der Waals surface area contributed by atoms with E-state index >= 15 is 0 Å². The van der Waals surface area contributed by atoms with Crippen molar-refractivity contribution in [3.05, 3.63) is 111 Å². The molecule has 1 atom stereocenters. The van der Waals surface area contributed by atoms with Crippen LogP contribution in [0.2, 0.25) is 0 Å². The van der Waals surface area contributed by atoms with E-state index in [9.17, 15) is 19.2 Å². The van der Waals surface area contributed by atoms with Gasteiger partial charge in [-0.1, -0.05) is 45.0 Å². The fraction of sp³-hybridized carbons (Fsp3) is 0.316. The fourth-order valence-corrected chi connectivity index (χ4v) is 6.06. The van der Waals surface area contributed by atoms with Crippen LogP contribution in [-0.4, -0.2) is 65.3 Å². The van der Waals surface area contributed by atoms with Crippen LogP contribution in [0.3, 0.4) is 0 Å². The molecule has 0 spiro atoms. The lowest BCUT2D eigenvalue weighted by atomic mass is 9.86. The number of alkyl halides is 1. The summed E-state index contributed by atoms with van der Waals surface area (Å²) >= 11 is 6.44. The zero-order chi connectivity index (χ0) is 35.6. The molecule has 5 rings (SSSR count). The summed E-state index contributed by atoms with van der Waals surface area (Å²) in [6.45, 7) is 10.9. The number of nitrogens with zero attached hydrogens (tertiary/aromatic N) is 3. The Balaban J connectivity index is 1.43. The predicted octanol–water partition coefficient (Wildman–Crippen LogP) is 5.81. The summed E-state index contributed by atoms with van der Waals surface area (Å²) in [5, 5.41) is 4.95. The van der Waals surface area contributed by atoms with Crippen molar-refractivity contribution in [3.8, 4) is 11.1 Å². The van der Waals surface area contributed by atoms with Gasteiger partial charge in [-0.2, -0.15) is 0 Å². The summed E-state index contributed by atoms with van der Waals surface area (Å²) in [4.78, 5) is 56.0. The number of nitrogens with two attached hydrogens (primary N) is 1. The van der Waals surface area contributed by atoms with E-state index in [1.165, 1.54) is 4.57 Å². The van der Waals surface area contributed by atoms with Crippen molar-refractivity contribution >= 4 is 46.4 Å². The van der Waals surface area contributed by atoms with Crippen LogP contribution in [0.1, 0.15) is 63.6 Å². The number of benzene rings is 3. The molecule has 1 aliphatic rings. The van der Waals surface area contributed by atoms with Gasteiger partial charge in [-0.15, -0.1) is 11.6 Å². The molecule has 1 fully saturated rings. The van der Waals surface area contributed by atoms with Gasteiger partial charge in [0.25, 0.3) is 17.4 Å². The normalized spacial score (nSPS) is 14.3. The molecule has 4 aromatic rings. The number of likely N-dealkylation sites (N-methyl/N-ethyl adjacent to an activating group) is 1. The quantitative estimate of drug-likeness (QED) is 0.201. The van der Waals surface area contributed by atoms with E-state index in [2.05, 4.69) is 36.3 Å². The van der Waals surface area contributed by atoms with E-state index in [0.29, 0.717) is 30.0 Å². The van der Waals surface area contributed by atoms with Crippen molar-refractivity contribution in [1.82, 2.24) is 14.4 Å². The van der Waals surface area contributed by atoms with Gasteiger partial charge in [0.05, 0.1) is 0 Å². The number of piperazine rings is 1. The van der Waals surface area contributed by atoms with Crippen LogP contribution in [0.5, 0.6) is 0 Å². The standard InChI is InChI=1S/C38H43ClN6O4/c1-23-28(8-7-9-31(23)42-35(47)24-10-12-26(13-11-24)38(2,3)4)25-20-32(37(49)44(6)22-25)41-27-14-15-29(30(21-27)33(39)34(40)46)36(48)45-18-16-43(5)17-19-45/h7-15,20-22,33,41H,16-19H2,1-6H3,(H2,40,46)(H,42,47). The lowest BCUT2D eigenvalue weighted by molar-refractivity contribution is -0.117. The number of nitrogens with one attached hydrogen (secondary N) is 2. The molecule has 11 heteroatoms. The summed E-state index contributed by atoms with van der Waals surface area (Å²) in [7, 11) is 3.66. The van der Waals surface area contributed by atoms with E-state index in [1.807, 2.05) is 56.4 Å². The van der Waals surface area contributed by atoms with E-state index < -0.39 is 11.3 Å². The summed E-state index contributed by atoms with van der Waals surface area (Å²) in [5.74, 6) is -1.24. The molecular formula is C38H43ClN6O4. The van der Waals surface area contributed by atoms with Gasteiger partial charge >= 0.3 is 0 Å². The lowest BCUT2D eigenvalue weighted by Gasteiger charge is -2.33. The molecule has 2 heterocycles. The Morgan fingerprint density at radius 2 is 1.57 bits per heavy atom. The van der Waals surface area contributed by atoms with Gasteiger partial charge in [-0.3, -0.25) is 19.2 Å². The number of carbonyl (C=O) groups is 3. The number of halogens is 1. The first-order chi connectivity index (χ1) is 23.1. The van der Waals surface area contributed by atoms with Crippen LogP contribution in [0.15, 0.2) is 77.7 Å². The van der Waals surface area contributed by atoms with E-state index in [0.717, 1.165) is 35.3 Å². The van der Waals surface area contributed by atoms with Gasteiger partial charge in [0.15, 0.2) is 0 Å². The second kappa shape index (κ2) is 14.3. The van der Waals surface area contributed by atoms with Crippen molar-refractivity contribution in [1.29, 1.82) is 0 Å². The predicted molar refractivity (Wildman–Crippen MR) is 196 cm³/mol. The van der Waals surface area contributed by atoms with Crippen LogP contribution in [0.4, 0.5) is 17.1 Å². The molecule has 1 saturated heterocycles. The molecule has 256 valence electrons. The van der Waals surface area contributed by atoms with Crippen LogP contribution < -0.4 is 21.9 Å². The monoisotopic (exact) mass is 682 g/mol. The first kappa shape index (κ1) is 35.4. The largest absolute Gasteiger partial charge is 0.368 e. The first-order valence-corrected chi connectivity index (χ1v) is 16.6. The maximum absolute atomic E-state index is 13.5.